The van der Waals surface area contributed by atoms with Gasteiger partial charge in [-0.2, -0.15) is 8.78 Å². The van der Waals surface area contributed by atoms with Crippen LogP contribution < -0.4 is 4.74 Å². The summed E-state index contributed by atoms with van der Waals surface area (Å²) in [6, 6.07) is 2.65. The Kier molecular flexibility index (Phi) is 3.35. The van der Waals surface area contributed by atoms with E-state index in [1.54, 1.807) is 0 Å². The molecule has 1 N–H and O–H groups in total. The molecule has 1 heterocycles. The van der Waals surface area contributed by atoms with Crippen LogP contribution in [0.5, 0.6) is 5.75 Å². The summed E-state index contributed by atoms with van der Waals surface area (Å²) in [7, 11) is 1.39. The number of hydrogen-bond acceptors (Lipinski definition) is 3. The molecule has 3 nitrogen and oxygen atoms in total. The zero-order valence-electron chi connectivity index (χ0n) is 7.70. The van der Waals surface area contributed by atoms with Crippen LogP contribution in [0.15, 0.2) is 18.3 Å². The van der Waals surface area contributed by atoms with Crippen molar-refractivity contribution in [1.82, 2.24) is 4.98 Å². The van der Waals surface area contributed by atoms with Gasteiger partial charge in [-0.15, -0.1) is 0 Å². The van der Waals surface area contributed by atoms with E-state index in [0.29, 0.717) is 5.75 Å². The Morgan fingerprint density at radius 2 is 2.29 bits per heavy atom. The van der Waals surface area contributed by atoms with Crippen LogP contribution in [-0.4, -0.2) is 23.8 Å². The van der Waals surface area contributed by atoms with Crippen molar-refractivity contribution in [3.8, 4) is 5.75 Å². The van der Waals surface area contributed by atoms with Gasteiger partial charge in [0.1, 0.15) is 11.4 Å². The summed E-state index contributed by atoms with van der Waals surface area (Å²) in [5.74, 6) is -2.78. The largest absolute Gasteiger partial charge is 0.497 e. The minimum atomic E-state index is -3.11. The molecule has 1 aromatic rings. The van der Waals surface area contributed by atoms with E-state index in [-0.39, 0.29) is 5.69 Å². The first-order valence-electron chi connectivity index (χ1n) is 4.09. The summed E-state index contributed by atoms with van der Waals surface area (Å²) in [4.78, 5) is 3.54. The van der Waals surface area contributed by atoms with E-state index in [0.717, 1.165) is 6.07 Å². The van der Waals surface area contributed by atoms with Gasteiger partial charge in [-0.25, -0.2) is 0 Å². The highest BCUT2D eigenvalue weighted by Gasteiger charge is 2.32. The van der Waals surface area contributed by atoms with Crippen molar-refractivity contribution < 1.29 is 18.6 Å². The molecule has 0 unspecified atom stereocenters. The number of alkyl halides is 2. The topological polar surface area (TPSA) is 42.4 Å². The predicted molar refractivity (Wildman–Crippen MR) is 46.4 cm³/mol. The molecule has 0 saturated carbocycles. The van der Waals surface area contributed by atoms with Crippen molar-refractivity contribution in [1.29, 1.82) is 0 Å². The number of pyridine rings is 1. The second-order valence-corrected chi connectivity index (χ2v) is 2.76. The number of aromatic nitrogens is 1. The van der Waals surface area contributed by atoms with Gasteiger partial charge in [0.15, 0.2) is 0 Å². The highest BCUT2D eigenvalue weighted by atomic mass is 19.3. The maximum atomic E-state index is 13.2. The van der Waals surface area contributed by atoms with Crippen LogP contribution in [0.2, 0.25) is 0 Å². The monoisotopic (exact) mass is 203 g/mol. The molecule has 0 aliphatic heterocycles. The van der Waals surface area contributed by atoms with E-state index in [4.69, 9.17) is 9.84 Å². The summed E-state index contributed by atoms with van der Waals surface area (Å²) in [6.45, 7) is -0.577. The lowest BCUT2D eigenvalue weighted by molar-refractivity contribution is -0.0311. The molecule has 0 saturated heterocycles. The third kappa shape index (κ3) is 2.38. The van der Waals surface area contributed by atoms with Crippen molar-refractivity contribution in [2.75, 3.05) is 13.7 Å². The number of nitrogens with zero attached hydrogens (tertiary/aromatic N) is 1. The van der Waals surface area contributed by atoms with E-state index in [1.165, 1.54) is 19.4 Å². The Hall–Kier alpha value is -1.23. The van der Waals surface area contributed by atoms with Crippen LogP contribution in [0.4, 0.5) is 8.78 Å². The number of aliphatic hydroxyl groups excluding tert-OH is 1. The molecule has 14 heavy (non-hydrogen) atoms. The lowest BCUT2D eigenvalue weighted by Gasteiger charge is -2.14. The Labute approximate surface area is 80.3 Å². The van der Waals surface area contributed by atoms with Crippen molar-refractivity contribution in [3.05, 3.63) is 24.0 Å². The fraction of sp³-hybridized carbons (Fsp3) is 0.444. The molecular weight excluding hydrogens is 192 g/mol. The van der Waals surface area contributed by atoms with Crippen LogP contribution >= 0.6 is 0 Å². The predicted octanol–water partition coefficient (Wildman–Crippen LogP) is 1.56. The minimum absolute atomic E-state index is 0.326. The van der Waals surface area contributed by atoms with E-state index >= 15 is 0 Å². The molecule has 78 valence electrons. The van der Waals surface area contributed by atoms with Crippen LogP contribution in [0.3, 0.4) is 0 Å². The Balaban J connectivity index is 2.93. The van der Waals surface area contributed by atoms with Gasteiger partial charge < -0.3 is 9.84 Å². The molecule has 0 aliphatic carbocycles. The molecule has 1 aromatic heterocycles. The third-order valence-corrected chi connectivity index (χ3v) is 1.77. The maximum absolute atomic E-state index is 13.2. The first kappa shape index (κ1) is 10.8. The maximum Gasteiger partial charge on any atom is 0.292 e. The van der Waals surface area contributed by atoms with E-state index in [1.807, 2.05) is 0 Å². The highest BCUT2D eigenvalue weighted by molar-refractivity contribution is 5.24. The number of halogens is 2. The van der Waals surface area contributed by atoms with Gasteiger partial charge in [0.2, 0.25) is 0 Å². The summed E-state index contributed by atoms with van der Waals surface area (Å²) in [6.07, 6.45) is 0.618. The molecule has 5 heteroatoms. The zero-order chi connectivity index (χ0) is 10.6. The number of hydrogen-bond donors (Lipinski definition) is 1. The van der Waals surface area contributed by atoms with E-state index in [9.17, 15) is 8.78 Å². The average Bonchev–Trinajstić information content (AvgIpc) is 2.18. The molecule has 0 aromatic carbocycles. The number of rotatable bonds is 4. The van der Waals surface area contributed by atoms with Crippen molar-refractivity contribution >= 4 is 0 Å². The molecule has 0 spiro atoms. The third-order valence-electron chi connectivity index (χ3n) is 1.77. The van der Waals surface area contributed by atoms with Crippen molar-refractivity contribution in [2.45, 2.75) is 12.3 Å². The first-order valence-corrected chi connectivity index (χ1v) is 4.09. The van der Waals surface area contributed by atoms with Gasteiger partial charge in [-0.3, -0.25) is 4.98 Å². The number of methoxy groups -OCH3 is 1. The van der Waals surface area contributed by atoms with Gasteiger partial charge in [-0.05, 0) is 6.07 Å². The van der Waals surface area contributed by atoms with Crippen LogP contribution in [0, 0.1) is 0 Å². The average molecular weight is 203 g/mol. The molecular formula is C9H11F2NO2. The van der Waals surface area contributed by atoms with Gasteiger partial charge in [0, 0.05) is 25.3 Å². The Morgan fingerprint density at radius 3 is 2.86 bits per heavy atom. The molecule has 0 amide bonds. The van der Waals surface area contributed by atoms with Gasteiger partial charge in [-0.1, -0.05) is 0 Å². The molecule has 0 atom stereocenters. The molecule has 0 fully saturated rings. The second kappa shape index (κ2) is 4.32. The standard InChI is InChI=1S/C9H11F2NO2/c1-14-7-2-4-12-8(6-7)9(10,11)3-5-13/h2,4,6,13H,3,5H2,1H3. The van der Waals surface area contributed by atoms with Crippen LogP contribution in [0.1, 0.15) is 12.1 Å². The normalized spacial score (nSPS) is 11.4. The lowest BCUT2D eigenvalue weighted by Crippen LogP contribution is -2.16. The van der Waals surface area contributed by atoms with Crippen molar-refractivity contribution in [2.24, 2.45) is 0 Å². The van der Waals surface area contributed by atoms with E-state index in [2.05, 4.69) is 4.98 Å². The Morgan fingerprint density at radius 1 is 1.57 bits per heavy atom. The smallest absolute Gasteiger partial charge is 0.292 e. The van der Waals surface area contributed by atoms with Gasteiger partial charge in [0.05, 0.1) is 7.11 Å². The molecule has 0 bridgehead atoms. The summed E-state index contributed by atoms with van der Waals surface area (Å²) in [5, 5.41) is 8.45. The van der Waals surface area contributed by atoms with Crippen LogP contribution in [0.25, 0.3) is 0 Å². The SMILES string of the molecule is COc1ccnc(C(F)(F)CCO)c1. The molecule has 1 rings (SSSR count). The summed E-state index contributed by atoms with van der Waals surface area (Å²) >= 11 is 0. The fourth-order valence-corrected chi connectivity index (χ4v) is 1.01. The summed E-state index contributed by atoms with van der Waals surface area (Å²) < 4.78 is 31.2. The van der Waals surface area contributed by atoms with Crippen LogP contribution in [-0.2, 0) is 5.92 Å². The number of ether oxygens (including phenoxy) is 1. The zero-order valence-corrected chi connectivity index (χ0v) is 7.70. The summed E-state index contributed by atoms with van der Waals surface area (Å²) in [5.41, 5.74) is -0.383. The number of aliphatic hydroxyl groups is 1. The molecule has 0 aliphatic rings. The highest BCUT2D eigenvalue weighted by Crippen LogP contribution is 2.31. The van der Waals surface area contributed by atoms with Gasteiger partial charge in [0.25, 0.3) is 5.92 Å². The first-order chi connectivity index (χ1) is 6.60. The van der Waals surface area contributed by atoms with Gasteiger partial charge >= 0.3 is 0 Å². The Bertz CT molecular complexity index is 305. The molecule has 0 radical (unpaired) electrons. The van der Waals surface area contributed by atoms with Crippen molar-refractivity contribution in [3.63, 3.8) is 0 Å². The van der Waals surface area contributed by atoms with E-state index < -0.39 is 19.0 Å². The quantitative estimate of drug-likeness (QED) is 0.807. The lowest BCUT2D eigenvalue weighted by atomic mass is 10.1. The fourth-order valence-electron chi connectivity index (χ4n) is 1.01. The minimum Gasteiger partial charge on any atom is -0.497 e. The second-order valence-electron chi connectivity index (χ2n) is 2.76.